The third kappa shape index (κ3) is 3.44. The summed E-state index contributed by atoms with van der Waals surface area (Å²) in [6.07, 6.45) is 5.76. The normalized spacial score (nSPS) is 23.1. The van der Waals surface area contributed by atoms with Crippen LogP contribution < -0.4 is 9.47 Å². The van der Waals surface area contributed by atoms with E-state index in [4.69, 9.17) is 14.6 Å². The first kappa shape index (κ1) is 17.7. The van der Waals surface area contributed by atoms with Gasteiger partial charge in [-0.25, -0.2) is 0 Å². The molecule has 4 rings (SSSR count). The Hall–Kier alpha value is -2.75. The maximum absolute atomic E-state index is 5.30. The van der Waals surface area contributed by atoms with Crippen LogP contribution >= 0.6 is 0 Å². The zero-order chi connectivity index (χ0) is 18.8. The molecule has 0 radical (unpaired) electrons. The average molecular weight is 362 g/mol. The molecule has 4 nitrogen and oxygen atoms in total. The molecule has 0 spiro atoms. The number of benzene rings is 2. The number of rotatable bonds is 4. The van der Waals surface area contributed by atoms with E-state index in [1.165, 1.54) is 35.3 Å². The molecule has 1 aliphatic heterocycles. The van der Waals surface area contributed by atoms with Crippen LogP contribution in [0.15, 0.2) is 59.2 Å². The van der Waals surface area contributed by atoms with E-state index in [9.17, 15) is 0 Å². The van der Waals surface area contributed by atoms with E-state index in [1.807, 2.05) is 24.3 Å². The van der Waals surface area contributed by atoms with E-state index in [0.29, 0.717) is 12.0 Å². The highest BCUT2D eigenvalue weighted by atomic mass is 16.5. The smallest absolute Gasteiger partial charge is 0.118 e. The van der Waals surface area contributed by atoms with Crippen LogP contribution in [0.25, 0.3) is 6.08 Å². The third-order valence-corrected chi connectivity index (χ3v) is 5.60. The molecule has 1 fully saturated rings. The van der Waals surface area contributed by atoms with Crippen molar-refractivity contribution in [3.8, 4) is 11.5 Å². The third-order valence-electron chi connectivity index (χ3n) is 5.60. The largest absolute Gasteiger partial charge is 0.497 e. The minimum Gasteiger partial charge on any atom is -0.497 e. The van der Waals surface area contributed by atoms with Crippen LogP contribution in [0.5, 0.6) is 11.5 Å². The van der Waals surface area contributed by atoms with Crippen molar-refractivity contribution in [2.24, 2.45) is 11.0 Å². The van der Waals surface area contributed by atoms with Crippen molar-refractivity contribution < 1.29 is 9.47 Å². The first-order chi connectivity index (χ1) is 13.2. The maximum atomic E-state index is 5.30. The summed E-state index contributed by atoms with van der Waals surface area (Å²) in [5, 5.41) is 7.08. The molecule has 2 aromatic rings. The van der Waals surface area contributed by atoms with E-state index in [0.717, 1.165) is 17.9 Å². The standard InChI is InChI=1S/C23H26N2O2/c1-25-23(17-9-13-20(27-3)14-10-17)21-6-4-5-18(22(21)24-25)15-16-7-11-19(26-2)12-8-16/h7-15,21,23H,4-6H2,1-3H3/b18-15-. The number of hydrogen-bond acceptors (Lipinski definition) is 4. The predicted molar refractivity (Wildman–Crippen MR) is 109 cm³/mol. The molecule has 1 heterocycles. The number of hydrazone groups is 1. The summed E-state index contributed by atoms with van der Waals surface area (Å²) in [5.41, 5.74) is 5.11. The summed E-state index contributed by atoms with van der Waals surface area (Å²) in [5.74, 6) is 2.22. The van der Waals surface area contributed by atoms with Crippen LogP contribution in [0.3, 0.4) is 0 Å². The fourth-order valence-corrected chi connectivity index (χ4v) is 4.25. The second-order valence-corrected chi connectivity index (χ2v) is 7.22. The molecule has 2 unspecified atom stereocenters. The Morgan fingerprint density at radius 1 is 0.963 bits per heavy atom. The van der Waals surface area contributed by atoms with Gasteiger partial charge in [0.2, 0.25) is 0 Å². The van der Waals surface area contributed by atoms with Crippen molar-refractivity contribution in [1.29, 1.82) is 0 Å². The van der Waals surface area contributed by atoms with Gasteiger partial charge in [0.1, 0.15) is 11.5 Å². The second kappa shape index (κ2) is 7.47. The van der Waals surface area contributed by atoms with E-state index in [1.54, 1.807) is 14.2 Å². The van der Waals surface area contributed by atoms with Gasteiger partial charge < -0.3 is 9.47 Å². The molecule has 27 heavy (non-hydrogen) atoms. The van der Waals surface area contributed by atoms with Gasteiger partial charge in [-0.15, -0.1) is 0 Å². The molecular weight excluding hydrogens is 336 g/mol. The van der Waals surface area contributed by atoms with Crippen LogP contribution in [0.1, 0.15) is 36.4 Å². The molecule has 4 heteroatoms. The Balaban J connectivity index is 1.61. The lowest BCUT2D eigenvalue weighted by Gasteiger charge is -2.29. The SMILES string of the molecule is COc1ccc(/C=C2/CCCC3C2=NN(C)C3c2ccc(OC)cc2)cc1. The van der Waals surface area contributed by atoms with Gasteiger partial charge in [0.05, 0.1) is 26.0 Å². The molecule has 140 valence electrons. The van der Waals surface area contributed by atoms with Gasteiger partial charge in [0.25, 0.3) is 0 Å². The molecule has 0 N–H and O–H groups in total. The molecule has 1 aliphatic carbocycles. The Bertz CT molecular complexity index is 853. The van der Waals surface area contributed by atoms with Gasteiger partial charge >= 0.3 is 0 Å². The minimum atomic E-state index is 0.297. The molecule has 0 amide bonds. The molecule has 0 saturated heterocycles. The summed E-state index contributed by atoms with van der Waals surface area (Å²) in [6.45, 7) is 0. The van der Waals surface area contributed by atoms with Crippen molar-refractivity contribution in [3.05, 3.63) is 65.2 Å². The first-order valence-electron chi connectivity index (χ1n) is 9.50. The summed E-state index contributed by atoms with van der Waals surface area (Å²) >= 11 is 0. The fourth-order valence-electron chi connectivity index (χ4n) is 4.25. The van der Waals surface area contributed by atoms with Crippen LogP contribution in [0, 0.1) is 5.92 Å². The summed E-state index contributed by atoms with van der Waals surface area (Å²) in [7, 11) is 5.49. The Morgan fingerprint density at radius 3 is 2.22 bits per heavy atom. The molecule has 0 bridgehead atoms. The summed E-state index contributed by atoms with van der Waals surface area (Å²) in [6, 6.07) is 16.9. The predicted octanol–water partition coefficient (Wildman–Crippen LogP) is 4.93. The zero-order valence-corrected chi connectivity index (χ0v) is 16.2. The lowest BCUT2D eigenvalue weighted by Crippen LogP contribution is -2.26. The Morgan fingerprint density at radius 2 is 1.59 bits per heavy atom. The lowest BCUT2D eigenvalue weighted by molar-refractivity contribution is 0.241. The van der Waals surface area contributed by atoms with Gasteiger partial charge in [-0.3, -0.25) is 5.01 Å². The average Bonchev–Trinajstić information content (AvgIpc) is 3.05. The van der Waals surface area contributed by atoms with Gasteiger partial charge in [0, 0.05) is 13.0 Å². The van der Waals surface area contributed by atoms with Crippen molar-refractivity contribution in [3.63, 3.8) is 0 Å². The van der Waals surface area contributed by atoms with Crippen molar-refractivity contribution in [2.75, 3.05) is 21.3 Å². The maximum Gasteiger partial charge on any atom is 0.118 e. The van der Waals surface area contributed by atoms with Crippen LogP contribution in [-0.2, 0) is 0 Å². The zero-order valence-electron chi connectivity index (χ0n) is 16.2. The van der Waals surface area contributed by atoms with E-state index < -0.39 is 0 Å². The molecule has 1 saturated carbocycles. The van der Waals surface area contributed by atoms with Crippen molar-refractivity contribution >= 4 is 11.8 Å². The summed E-state index contributed by atoms with van der Waals surface area (Å²) in [4.78, 5) is 0. The number of fused-ring (bicyclic) bond motifs is 1. The topological polar surface area (TPSA) is 34.1 Å². The highest BCUT2D eigenvalue weighted by Crippen LogP contribution is 2.43. The number of hydrogen-bond donors (Lipinski definition) is 0. The minimum absolute atomic E-state index is 0.297. The number of allylic oxidation sites excluding steroid dienone is 1. The highest BCUT2D eigenvalue weighted by molar-refractivity contribution is 6.07. The number of nitrogens with zero attached hydrogens (tertiary/aromatic N) is 2. The van der Waals surface area contributed by atoms with Crippen molar-refractivity contribution in [1.82, 2.24) is 5.01 Å². The molecule has 0 aromatic heterocycles. The van der Waals surface area contributed by atoms with Crippen molar-refractivity contribution in [2.45, 2.75) is 25.3 Å². The Kier molecular flexibility index (Phi) is 4.88. The van der Waals surface area contributed by atoms with E-state index >= 15 is 0 Å². The summed E-state index contributed by atoms with van der Waals surface area (Å²) < 4.78 is 10.6. The number of ether oxygens (including phenoxy) is 2. The quantitative estimate of drug-likeness (QED) is 0.773. The van der Waals surface area contributed by atoms with E-state index in [2.05, 4.69) is 42.4 Å². The van der Waals surface area contributed by atoms with Crippen LogP contribution in [0.2, 0.25) is 0 Å². The molecule has 2 aromatic carbocycles. The van der Waals surface area contributed by atoms with E-state index in [-0.39, 0.29) is 0 Å². The monoisotopic (exact) mass is 362 g/mol. The lowest BCUT2D eigenvalue weighted by atomic mass is 9.77. The van der Waals surface area contributed by atoms with Gasteiger partial charge in [-0.05, 0) is 66.3 Å². The highest BCUT2D eigenvalue weighted by Gasteiger charge is 2.39. The van der Waals surface area contributed by atoms with Crippen LogP contribution in [0.4, 0.5) is 0 Å². The molecule has 2 atom stereocenters. The molecule has 2 aliphatic rings. The Labute approximate surface area is 161 Å². The fraction of sp³-hybridized carbons (Fsp3) is 0.348. The van der Waals surface area contributed by atoms with Gasteiger partial charge in [-0.2, -0.15) is 5.10 Å². The number of methoxy groups -OCH3 is 2. The molecular formula is C23H26N2O2. The first-order valence-corrected chi connectivity index (χ1v) is 9.50. The van der Waals surface area contributed by atoms with Gasteiger partial charge in [-0.1, -0.05) is 24.3 Å². The van der Waals surface area contributed by atoms with Gasteiger partial charge in [0.15, 0.2) is 0 Å². The van der Waals surface area contributed by atoms with Crippen LogP contribution in [-0.4, -0.2) is 32.0 Å². The second-order valence-electron chi connectivity index (χ2n) is 7.22.